The molecule has 0 unspecified atom stereocenters. The van der Waals surface area contributed by atoms with Gasteiger partial charge in [-0.3, -0.25) is 19.2 Å². The Labute approximate surface area is 214 Å². The molecule has 10 heteroatoms. The number of ether oxygens (including phenoxy) is 5. The molecule has 1 saturated heterocycles. The third kappa shape index (κ3) is 8.73. The summed E-state index contributed by atoms with van der Waals surface area (Å²) in [6, 6.07) is 0. The normalized spacial score (nSPS) is 25.5. The lowest BCUT2D eigenvalue weighted by atomic mass is 9.93. The number of rotatable bonds is 5. The highest BCUT2D eigenvalue weighted by Crippen LogP contribution is 2.32. The van der Waals surface area contributed by atoms with Gasteiger partial charge in [0.2, 0.25) is 6.29 Å². The Hall–Kier alpha value is -2.20. The molecule has 0 aliphatic carbocycles. The molecule has 0 bridgehead atoms. The molecule has 0 aromatic rings. The maximum Gasteiger partial charge on any atom is 0.313 e. The fourth-order valence-electron chi connectivity index (χ4n) is 2.65. The van der Waals surface area contributed by atoms with Crippen molar-refractivity contribution >= 4 is 23.9 Å². The second kappa shape index (κ2) is 11.0. The van der Waals surface area contributed by atoms with E-state index in [1.807, 2.05) is 0 Å². The van der Waals surface area contributed by atoms with Gasteiger partial charge in [-0.05, 0) is 83.1 Å². The molecule has 1 rings (SSSR count). The van der Waals surface area contributed by atoms with Gasteiger partial charge in [0.05, 0.1) is 21.7 Å². The van der Waals surface area contributed by atoms with Crippen LogP contribution in [0, 0.1) is 21.7 Å². The summed E-state index contributed by atoms with van der Waals surface area (Å²) in [5, 5.41) is 11.3. The first-order valence-corrected chi connectivity index (χ1v) is 12.1. The molecule has 10 nitrogen and oxygen atoms in total. The highest BCUT2D eigenvalue weighted by atomic mass is 16.7. The Bertz CT molecular complexity index is 818. The molecular formula is C26H44O10. The average molecular weight is 517 g/mol. The number of carbonyl (C=O) groups is 4. The van der Waals surface area contributed by atoms with Gasteiger partial charge in [0, 0.05) is 0 Å². The van der Waals surface area contributed by atoms with Gasteiger partial charge in [-0.25, -0.2) is 0 Å². The van der Waals surface area contributed by atoms with E-state index in [9.17, 15) is 24.3 Å². The molecule has 0 amide bonds. The second-order valence-corrected chi connectivity index (χ2v) is 13.3. The van der Waals surface area contributed by atoms with Crippen molar-refractivity contribution in [2.75, 3.05) is 6.61 Å². The summed E-state index contributed by atoms with van der Waals surface area (Å²) in [5.74, 6) is -2.57. The molecule has 0 spiro atoms. The van der Waals surface area contributed by atoms with E-state index in [0.29, 0.717) is 0 Å². The molecule has 1 heterocycles. The van der Waals surface area contributed by atoms with Crippen molar-refractivity contribution in [3.05, 3.63) is 0 Å². The van der Waals surface area contributed by atoms with Crippen LogP contribution >= 0.6 is 0 Å². The number of hydrogen-bond donors (Lipinski definition) is 1. The van der Waals surface area contributed by atoms with Gasteiger partial charge in [-0.1, -0.05) is 0 Å². The molecule has 0 saturated carbocycles. The SMILES string of the molecule is CC(C)(C)C(=O)OC[C@H]1O[C@@H](OC(=O)C(C)(C)C)[C@H](OC(=O)C(C)(C)C)[C@@H](O)[C@@H]1OC(=O)C(C)(C)C. The van der Waals surface area contributed by atoms with Crippen LogP contribution in [0.5, 0.6) is 0 Å². The van der Waals surface area contributed by atoms with E-state index >= 15 is 0 Å². The first-order chi connectivity index (χ1) is 16.0. The van der Waals surface area contributed by atoms with Crippen molar-refractivity contribution in [3.8, 4) is 0 Å². The Kier molecular flexibility index (Phi) is 9.77. The number of carbonyl (C=O) groups excluding carboxylic acids is 4. The van der Waals surface area contributed by atoms with Gasteiger partial charge in [-0.2, -0.15) is 0 Å². The largest absolute Gasteiger partial charge is 0.462 e. The van der Waals surface area contributed by atoms with E-state index in [-0.39, 0.29) is 0 Å². The molecule has 1 aliphatic rings. The predicted molar refractivity (Wildman–Crippen MR) is 129 cm³/mol. The van der Waals surface area contributed by atoms with Crippen LogP contribution in [0.1, 0.15) is 83.1 Å². The van der Waals surface area contributed by atoms with E-state index < -0.39 is 82.8 Å². The predicted octanol–water partition coefficient (Wildman–Crippen LogP) is 3.17. The first kappa shape index (κ1) is 31.8. The summed E-state index contributed by atoms with van der Waals surface area (Å²) in [6.07, 6.45) is -7.28. The minimum atomic E-state index is -1.65. The van der Waals surface area contributed by atoms with Gasteiger partial charge in [0.15, 0.2) is 12.2 Å². The van der Waals surface area contributed by atoms with Crippen LogP contribution in [-0.2, 0) is 42.9 Å². The summed E-state index contributed by atoms with van der Waals surface area (Å²) in [5.41, 5.74) is -3.64. The minimum Gasteiger partial charge on any atom is -0.462 e. The third-order valence-corrected chi connectivity index (χ3v) is 5.15. The molecular weight excluding hydrogens is 472 g/mol. The maximum absolute atomic E-state index is 12.7. The highest BCUT2D eigenvalue weighted by molar-refractivity contribution is 5.77. The third-order valence-electron chi connectivity index (χ3n) is 5.15. The molecule has 208 valence electrons. The Morgan fingerprint density at radius 2 is 0.972 bits per heavy atom. The Balaban J connectivity index is 3.41. The molecule has 36 heavy (non-hydrogen) atoms. The zero-order valence-corrected chi connectivity index (χ0v) is 23.7. The van der Waals surface area contributed by atoms with E-state index in [0.717, 1.165) is 0 Å². The molecule has 0 aromatic carbocycles. The number of esters is 4. The topological polar surface area (TPSA) is 135 Å². The van der Waals surface area contributed by atoms with Crippen molar-refractivity contribution in [1.82, 2.24) is 0 Å². The van der Waals surface area contributed by atoms with Crippen LogP contribution in [0.4, 0.5) is 0 Å². The van der Waals surface area contributed by atoms with E-state index in [2.05, 4.69) is 0 Å². The summed E-state index contributed by atoms with van der Waals surface area (Å²) in [6.45, 7) is 19.2. The van der Waals surface area contributed by atoms with Crippen molar-refractivity contribution < 1.29 is 48.0 Å². The zero-order valence-electron chi connectivity index (χ0n) is 23.7. The van der Waals surface area contributed by atoms with Crippen molar-refractivity contribution in [3.63, 3.8) is 0 Å². The second-order valence-electron chi connectivity index (χ2n) is 13.3. The number of aliphatic hydroxyl groups excluding tert-OH is 1. The lowest BCUT2D eigenvalue weighted by Crippen LogP contribution is -2.63. The number of hydrogen-bond acceptors (Lipinski definition) is 10. The maximum atomic E-state index is 12.7. The summed E-state index contributed by atoms with van der Waals surface area (Å²) >= 11 is 0. The molecule has 1 aliphatic heterocycles. The summed E-state index contributed by atoms with van der Waals surface area (Å²) in [4.78, 5) is 50.5. The van der Waals surface area contributed by atoms with Crippen LogP contribution in [0.25, 0.3) is 0 Å². The zero-order chi connectivity index (χ0) is 28.4. The molecule has 0 aromatic heterocycles. The van der Waals surface area contributed by atoms with Crippen LogP contribution in [-0.4, -0.2) is 66.3 Å². The van der Waals surface area contributed by atoms with Crippen LogP contribution in [0.15, 0.2) is 0 Å². The van der Waals surface area contributed by atoms with Crippen LogP contribution in [0.3, 0.4) is 0 Å². The molecule has 1 fully saturated rings. The first-order valence-electron chi connectivity index (χ1n) is 12.1. The smallest absolute Gasteiger partial charge is 0.313 e. The van der Waals surface area contributed by atoms with E-state index in [4.69, 9.17) is 23.7 Å². The minimum absolute atomic E-state index is 0.404. The monoisotopic (exact) mass is 516 g/mol. The number of aliphatic hydroxyl groups is 1. The van der Waals surface area contributed by atoms with Gasteiger partial charge < -0.3 is 28.8 Å². The average Bonchev–Trinajstić information content (AvgIpc) is 2.67. The van der Waals surface area contributed by atoms with Gasteiger partial charge in [0.1, 0.15) is 18.8 Å². The lowest BCUT2D eigenvalue weighted by Gasteiger charge is -2.44. The fourth-order valence-corrected chi connectivity index (χ4v) is 2.65. The van der Waals surface area contributed by atoms with E-state index in [1.54, 1.807) is 83.1 Å². The standard InChI is InChI=1S/C26H44O10/c1-23(2,3)19(28)32-13-14-16(34-20(29)24(4,5)6)15(27)17(35-21(30)25(7,8)9)18(33-14)36-22(31)26(10,11)12/h14-18,27H,13H2,1-12H3/t14-,15+,16-,17-,18+/m1/s1. The molecule has 0 radical (unpaired) electrons. The van der Waals surface area contributed by atoms with E-state index in [1.165, 1.54) is 0 Å². The fraction of sp³-hybridized carbons (Fsp3) is 0.846. The van der Waals surface area contributed by atoms with Gasteiger partial charge >= 0.3 is 23.9 Å². The molecule has 1 N–H and O–H groups in total. The highest BCUT2D eigenvalue weighted by Gasteiger charge is 2.53. The quantitative estimate of drug-likeness (QED) is 0.429. The van der Waals surface area contributed by atoms with Crippen molar-refractivity contribution in [2.24, 2.45) is 21.7 Å². The van der Waals surface area contributed by atoms with Crippen LogP contribution < -0.4 is 0 Å². The Morgan fingerprint density at radius 3 is 1.36 bits per heavy atom. The van der Waals surface area contributed by atoms with Crippen molar-refractivity contribution in [1.29, 1.82) is 0 Å². The summed E-state index contributed by atoms with van der Waals surface area (Å²) in [7, 11) is 0. The van der Waals surface area contributed by atoms with Gasteiger partial charge in [0.25, 0.3) is 0 Å². The summed E-state index contributed by atoms with van der Waals surface area (Å²) < 4.78 is 27.9. The molecule has 5 atom stereocenters. The van der Waals surface area contributed by atoms with Crippen molar-refractivity contribution in [2.45, 2.75) is 114 Å². The Morgan fingerprint density at radius 1 is 0.611 bits per heavy atom. The van der Waals surface area contributed by atoms with Crippen LogP contribution in [0.2, 0.25) is 0 Å². The van der Waals surface area contributed by atoms with Gasteiger partial charge in [-0.15, -0.1) is 0 Å². The lowest BCUT2D eigenvalue weighted by molar-refractivity contribution is -0.303.